The fourth-order valence-electron chi connectivity index (χ4n) is 1.66. The Bertz CT molecular complexity index is 394. The van der Waals surface area contributed by atoms with E-state index in [0.29, 0.717) is 18.8 Å². The molecule has 6 nitrogen and oxygen atoms in total. The highest BCUT2D eigenvalue weighted by molar-refractivity contribution is 5.62. The number of nitrogen functional groups attached to an aromatic ring is 1. The number of aryl methyl sites for hydroxylation is 1. The second kappa shape index (κ2) is 3.79. The van der Waals surface area contributed by atoms with Gasteiger partial charge in [-0.25, -0.2) is 0 Å². The van der Waals surface area contributed by atoms with Gasteiger partial charge in [-0.2, -0.15) is 10.4 Å². The van der Waals surface area contributed by atoms with Gasteiger partial charge in [0.05, 0.1) is 24.9 Å². The second-order valence-corrected chi connectivity index (χ2v) is 3.52. The molecule has 15 heavy (non-hydrogen) atoms. The number of morpholine rings is 1. The molecule has 0 aliphatic carbocycles. The summed E-state index contributed by atoms with van der Waals surface area (Å²) in [6.45, 7) is 1.78. The summed E-state index contributed by atoms with van der Waals surface area (Å²) in [4.78, 5) is 1.98. The Balaban J connectivity index is 2.17. The number of anilines is 2. The minimum absolute atomic E-state index is 0.389. The van der Waals surface area contributed by atoms with Crippen LogP contribution in [0.1, 0.15) is 0 Å². The number of ether oxygens (including phenoxy) is 1. The molecule has 0 saturated carbocycles. The first kappa shape index (κ1) is 9.80. The Kier molecular flexibility index (Phi) is 2.47. The Hall–Kier alpha value is -1.74. The summed E-state index contributed by atoms with van der Waals surface area (Å²) in [7, 11) is 1.82. The van der Waals surface area contributed by atoms with Gasteiger partial charge in [0, 0.05) is 19.8 Å². The van der Waals surface area contributed by atoms with Crippen LogP contribution in [0.4, 0.5) is 11.5 Å². The minimum Gasteiger partial charge on any atom is -0.394 e. The number of aromatic nitrogens is 2. The van der Waals surface area contributed by atoms with Crippen LogP contribution in [0.2, 0.25) is 0 Å². The average Bonchev–Trinajstić information content (AvgIpc) is 2.58. The van der Waals surface area contributed by atoms with Crippen molar-refractivity contribution in [1.29, 1.82) is 5.26 Å². The quantitative estimate of drug-likeness (QED) is 0.685. The second-order valence-electron chi connectivity index (χ2n) is 3.52. The van der Waals surface area contributed by atoms with Crippen molar-refractivity contribution < 1.29 is 4.74 Å². The molecule has 1 unspecified atom stereocenters. The molecule has 0 radical (unpaired) electrons. The standard InChI is InChI=1S/C9H13N5O/c1-13-6-8(11)9(12-13)14-2-3-15-7(4-10)5-14/h6-7H,2-3,5,11H2,1H3. The molecule has 0 amide bonds. The van der Waals surface area contributed by atoms with Crippen molar-refractivity contribution >= 4 is 11.5 Å². The summed E-state index contributed by atoms with van der Waals surface area (Å²) in [6, 6.07) is 2.09. The van der Waals surface area contributed by atoms with Crippen molar-refractivity contribution in [2.75, 3.05) is 30.3 Å². The minimum atomic E-state index is -0.389. The Morgan fingerprint density at radius 3 is 3.13 bits per heavy atom. The fourth-order valence-corrected chi connectivity index (χ4v) is 1.66. The summed E-state index contributed by atoms with van der Waals surface area (Å²) in [5.41, 5.74) is 6.45. The van der Waals surface area contributed by atoms with Gasteiger partial charge in [0.2, 0.25) is 0 Å². The average molecular weight is 207 g/mol. The van der Waals surface area contributed by atoms with Crippen molar-refractivity contribution in [3.8, 4) is 6.07 Å². The van der Waals surface area contributed by atoms with Crippen molar-refractivity contribution in [1.82, 2.24) is 9.78 Å². The van der Waals surface area contributed by atoms with Gasteiger partial charge in [0.1, 0.15) is 0 Å². The van der Waals surface area contributed by atoms with E-state index < -0.39 is 0 Å². The maximum atomic E-state index is 8.77. The van der Waals surface area contributed by atoms with Crippen molar-refractivity contribution in [2.24, 2.45) is 7.05 Å². The van der Waals surface area contributed by atoms with Crippen LogP contribution in [0.3, 0.4) is 0 Å². The first-order valence-electron chi connectivity index (χ1n) is 4.76. The molecule has 0 bridgehead atoms. The van der Waals surface area contributed by atoms with Crippen LogP contribution in [-0.4, -0.2) is 35.6 Å². The highest BCUT2D eigenvalue weighted by Gasteiger charge is 2.23. The summed E-state index contributed by atoms with van der Waals surface area (Å²) in [5, 5.41) is 13.0. The molecular formula is C9H13N5O. The first-order chi connectivity index (χ1) is 7.20. The van der Waals surface area contributed by atoms with Crippen molar-refractivity contribution in [2.45, 2.75) is 6.10 Å². The smallest absolute Gasteiger partial charge is 0.174 e. The van der Waals surface area contributed by atoms with E-state index in [9.17, 15) is 0 Å². The molecule has 1 atom stereocenters. The van der Waals surface area contributed by atoms with Crippen LogP contribution in [0.15, 0.2) is 6.20 Å². The zero-order valence-corrected chi connectivity index (χ0v) is 8.55. The Morgan fingerprint density at radius 2 is 2.53 bits per heavy atom. The number of nitrogens with zero attached hydrogens (tertiary/aromatic N) is 4. The van der Waals surface area contributed by atoms with Crippen molar-refractivity contribution in [3.63, 3.8) is 0 Å². The van der Waals surface area contributed by atoms with Crippen LogP contribution in [0, 0.1) is 11.3 Å². The van der Waals surface area contributed by atoms with E-state index in [2.05, 4.69) is 11.2 Å². The van der Waals surface area contributed by atoms with Crippen LogP contribution in [-0.2, 0) is 11.8 Å². The molecule has 6 heteroatoms. The van der Waals surface area contributed by atoms with E-state index in [-0.39, 0.29) is 6.10 Å². The highest BCUT2D eigenvalue weighted by Crippen LogP contribution is 2.22. The summed E-state index contributed by atoms with van der Waals surface area (Å²) >= 11 is 0. The topological polar surface area (TPSA) is 80.1 Å². The lowest BCUT2D eigenvalue weighted by Crippen LogP contribution is -2.42. The summed E-state index contributed by atoms with van der Waals surface area (Å²) in [5.74, 6) is 0.737. The van der Waals surface area contributed by atoms with Crippen molar-refractivity contribution in [3.05, 3.63) is 6.20 Å². The molecule has 2 N–H and O–H groups in total. The van der Waals surface area contributed by atoms with Gasteiger partial charge >= 0.3 is 0 Å². The van der Waals surface area contributed by atoms with Crippen LogP contribution < -0.4 is 10.6 Å². The zero-order valence-electron chi connectivity index (χ0n) is 8.55. The maximum absolute atomic E-state index is 8.77. The number of hydrogen-bond acceptors (Lipinski definition) is 5. The Labute approximate surface area is 87.8 Å². The van der Waals surface area contributed by atoms with Gasteiger partial charge in [-0.1, -0.05) is 0 Å². The molecule has 1 fully saturated rings. The lowest BCUT2D eigenvalue weighted by Gasteiger charge is -2.29. The Morgan fingerprint density at radius 1 is 1.73 bits per heavy atom. The van der Waals surface area contributed by atoms with Gasteiger partial charge < -0.3 is 15.4 Å². The molecule has 1 aromatic heterocycles. The van der Waals surface area contributed by atoms with Crippen LogP contribution in [0.5, 0.6) is 0 Å². The molecule has 2 heterocycles. The lowest BCUT2D eigenvalue weighted by molar-refractivity contribution is 0.0761. The fraction of sp³-hybridized carbons (Fsp3) is 0.556. The first-order valence-corrected chi connectivity index (χ1v) is 4.76. The number of nitrogens with two attached hydrogens (primary N) is 1. The van der Waals surface area contributed by atoms with E-state index in [0.717, 1.165) is 12.4 Å². The van der Waals surface area contributed by atoms with E-state index in [1.165, 1.54) is 0 Å². The molecule has 1 aliphatic rings. The van der Waals surface area contributed by atoms with E-state index >= 15 is 0 Å². The maximum Gasteiger partial charge on any atom is 0.174 e. The highest BCUT2D eigenvalue weighted by atomic mass is 16.5. The largest absolute Gasteiger partial charge is 0.394 e. The van der Waals surface area contributed by atoms with Gasteiger partial charge in [-0.15, -0.1) is 0 Å². The number of rotatable bonds is 1. The summed E-state index contributed by atoms with van der Waals surface area (Å²) in [6.07, 6.45) is 1.37. The normalized spacial score (nSPS) is 21.3. The predicted octanol–water partition coefficient (Wildman–Crippen LogP) is -0.269. The SMILES string of the molecule is Cn1cc(N)c(N2CCOC(C#N)C2)n1. The monoisotopic (exact) mass is 207 g/mol. The van der Waals surface area contributed by atoms with Gasteiger partial charge in [-0.05, 0) is 0 Å². The number of nitriles is 1. The third-order valence-electron chi connectivity index (χ3n) is 2.35. The third kappa shape index (κ3) is 1.87. The zero-order chi connectivity index (χ0) is 10.8. The van der Waals surface area contributed by atoms with E-state index in [4.69, 9.17) is 15.7 Å². The molecule has 1 saturated heterocycles. The van der Waals surface area contributed by atoms with E-state index in [1.54, 1.807) is 10.9 Å². The molecule has 1 aliphatic heterocycles. The van der Waals surface area contributed by atoms with Crippen LogP contribution >= 0.6 is 0 Å². The van der Waals surface area contributed by atoms with Crippen LogP contribution in [0.25, 0.3) is 0 Å². The van der Waals surface area contributed by atoms with Gasteiger partial charge in [0.25, 0.3) is 0 Å². The number of hydrogen-bond donors (Lipinski definition) is 1. The third-order valence-corrected chi connectivity index (χ3v) is 2.35. The molecule has 80 valence electrons. The molecule has 0 aromatic carbocycles. The molecule has 2 rings (SSSR count). The molecule has 1 aromatic rings. The van der Waals surface area contributed by atoms with E-state index in [1.807, 2.05) is 11.9 Å². The molecule has 0 spiro atoms. The lowest BCUT2D eigenvalue weighted by atomic mass is 10.3. The molecular weight excluding hydrogens is 194 g/mol. The van der Waals surface area contributed by atoms with Gasteiger partial charge in [0.15, 0.2) is 11.9 Å². The van der Waals surface area contributed by atoms with Gasteiger partial charge in [-0.3, -0.25) is 4.68 Å². The summed E-state index contributed by atoms with van der Waals surface area (Å²) < 4.78 is 6.92. The predicted molar refractivity (Wildman–Crippen MR) is 55.2 cm³/mol.